The topological polar surface area (TPSA) is 69.9 Å². The first-order valence-corrected chi connectivity index (χ1v) is 8.54. The number of aromatic nitrogens is 4. The molecule has 7 heteroatoms. The zero-order valence-corrected chi connectivity index (χ0v) is 14.8. The van der Waals surface area contributed by atoms with Gasteiger partial charge in [-0.15, -0.1) is 11.3 Å². The molecule has 0 aliphatic rings. The van der Waals surface area contributed by atoms with Crippen molar-refractivity contribution in [2.24, 2.45) is 0 Å². The smallest absolute Gasteiger partial charge is 0.355 e. The fraction of sp³-hybridized carbons (Fsp3) is 0.294. The van der Waals surface area contributed by atoms with Gasteiger partial charge in [0.1, 0.15) is 4.88 Å². The van der Waals surface area contributed by atoms with Crippen LogP contribution in [-0.2, 0) is 6.42 Å². The van der Waals surface area contributed by atoms with Crippen molar-refractivity contribution in [3.8, 4) is 11.8 Å². The Morgan fingerprint density at radius 1 is 1.25 bits per heavy atom. The van der Waals surface area contributed by atoms with Gasteiger partial charge in [0.15, 0.2) is 0 Å². The molecule has 6 nitrogen and oxygen atoms in total. The number of hydrogen-bond acceptors (Lipinski definition) is 6. The second-order valence-electron chi connectivity index (χ2n) is 5.45. The van der Waals surface area contributed by atoms with Crippen LogP contribution in [0.15, 0.2) is 23.6 Å². The molecular formula is C17H18N4O2S. The molecule has 0 saturated heterocycles. The number of hydrogen-bond donors (Lipinski definition) is 0. The second-order valence-corrected chi connectivity index (χ2v) is 6.40. The molecule has 0 spiro atoms. The number of ether oxygens (including phenoxy) is 1. The van der Waals surface area contributed by atoms with Crippen molar-refractivity contribution in [1.29, 1.82) is 0 Å². The molecule has 0 atom stereocenters. The fourth-order valence-electron chi connectivity index (χ4n) is 2.52. The van der Waals surface area contributed by atoms with Gasteiger partial charge in [0.05, 0.1) is 5.69 Å². The van der Waals surface area contributed by atoms with Gasteiger partial charge in [-0.2, -0.15) is 9.78 Å². The molecule has 24 heavy (non-hydrogen) atoms. The standard InChI is InChI=1S/C17H18N4O2S/c1-5-13-12(4)20-21(17-18-10(2)9-11(3)19-17)15(13)23-16(22)14-7-6-8-24-14/h6-9H,5H2,1-4H3. The zero-order valence-electron chi connectivity index (χ0n) is 14.0. The Labute approximate surface area is 144 Å². The van der Waals surface area contributed by atoms with Crippen molar-refractivity contribution >= 4 is 17.3 Å². The van der Waals surface area contributed by atoms with Gasteiger partial charge in [-0.1, -0.05) is 13.0 Å². The highest BCUT2D eigenvalue weighted by atomic mass is 32.1. The summed E-state index contributed by atoms with van der Waals surface area (Å²) in [6, 6.07) is 5.44. The summed E-state index contributed by atoms with van der Waals surface area (Å²) in [5, 5.41) is 6.33. The van der Waals surface area contributed by atoms with Crippen LogP contribution in [0.2, 0.25) is 0 Å². The predicted molar refractivity (Wildman–Crippen MR) is 92.0 cm³/mol. The molecule has 124 valence electrons. The van der Waals surface area contributed by atoms with Crippen LogP contribution < -0.4 is 4.74 Å². The maximum Gasteiger partial charge on any atom is 0.355 e. The first-order valence-electron chi connectivity index (χ1n) is 7.66. The van der Waals surface area contributed by atoms with Gasteiger partial charge in [-0.3, -0.25) is 0 Å². The van der Waals surface area contributed by atoms with Gasteiger partial charge in [0, 0.05) is 17.0 Å². The van der Waals surface area contributed by atoms with Crippen LogP contribution in [0.4, 0.5) is 0 Å². The number of aryl methyl sites for hydroxylation is 3. The first kappa shape index (κ1) is 16.3. The number of carbonyl (C=O) groups is 1. The largest absolute Gasteiger partial charge is 0.403 e. The lowest BCUT2D eigenvalue weighted by atomic mass is 10.2. The number of esters is 1. The third-order valence-electron chi connectivity index (χ3n) is 3.56. The molecule has 0 aliphatic carbocycles. The summed E-state index contributed by atoms with van der Waals surface area (Å²) >= 11 is 1.34. The second kappa shape index (κ2) is 6.52. The lowest BCUT2D eigenvalue weighted by Gasteiger charge is -2.09. The molecule has 0 N–H and O–H groups in total. The van der Waals surface area contributed by atoms with E-state index in [4.69, 9.17) is 4.74 Å². The van der Waals surface area contributed by atoms with Crippen molar-refractivity contribution in [1.82, 2.24) is 19.7 Å². The van der Waals surface area contributed by atoms with Gasteiger partial charge in [-0.25, -0.2) is 14.8 Å². The monoisotopic (exact) mass is 342 g/mol. The minimum atomic E-state index is -0.398. The van der Waals surface area contributed by atoms with Crippen molar-refractivity contribution in [2.75, 3.05) is 0 Å². The molecule has 3 aromatic rings. The Hall–Kier alpha value is -2.54. The van der Waals surface area contributed by atoms with Crippen LogP contribution in [0.25, 0.3) is 5.95 Å². The van der Waals surface area contributed by atoms with Crippen LogP contribution in [-0.4, -0.2) is 25.7 Å². The number of rotatable bonds is 4. The van der Waals surface area contributed by atoms with Crippen molar-refractivity contribution in [2.45, 2.75) is 34.1 Å². The number of thiophene rings is 1. The maximum absolute atomic E-state index is 12.4. The van der Waals surface area contributed by atoms with Gasteiger partial charge < -0.3 is 4.74 Å². The zero-order chi connectivity index (χ0) is 17.3. The summed E-state index contributed by atoms with van der Waals surface area (Å²) in [5.74, 6) is 0.396. The molecule has 0 bridgehead atoms. The Morgan fingerprint density at radius 3 is 2.54 bits per heavy atom. The quantitative estimate of drug-likeness (QED) is 0.679. The van der Waals surface area contributed by atoms with Gasteiger partial charge >= 0.3 is 5.97 Å². The Bertz CT molecular complexity index is 864. The summed E-state index contributed by atoms with van der Waals surface area (Å²) in [4.78, 5) is 21.8. The molecule has 0 saturated carbocycles. The van der Waals surface area contributed by atoms with E-state index >= 15 is 0 Å². The summed E-state index contributed by atoms with van der Waals surface area (Å²) in [6.45, 7) is 7.68. The van der Waals surface area contributed by atoms with Crippen LogP contribution >= 0.6 is 11.3 Å². The van der Waals surface area contributed by atoms with Crippen LogP contribution in [0.3, 0.4) is 0 Å². The molecule has 0 fully saturated rings. The SMILES string of the molecule is CCc1c(C)nn(-c2nc(C)cc(C)n2)c1OC(=O)c1cccs1. The average Bonchev–Trinajstić information content (AvgIpc) is 3.14. The van der Waals surface area contributed by atoms with E-state index < -0.39 is 5.97 Å². The maximum atomic E-state index is 12.4. The van der Waals surface area contributed by atoms with Crippen molar-refractivity contribution in [3.63, 3.8) is 0 Å². The highest BCUT2D eigenvalue weighted by molar-refractivity contribution is 7.12. The van der Waals surface area contributed by atoms with E-state index in [-0.39, 0.29) is 0 Å². The van der Waals surface area contributed by atoms with E-state index in [9.17, 15) is 4.79 Å². The van der Waals surface area contributed by atoms with Crippen LogP contribution in [0.1, 0.15) is 39.2 Å². The van der Waals surface area contributed by atoms with E-state index in [2.05, 4.69) is 15.1 Å². The van der Waals surface area contributed by atoms with E-state index in [1.165, 1.54) is 16.0 Å². The predicted octanol–water partition coefficient (Wildman–Crippen LogP) is 3.43. The molecule has 3 heterocycles. The fourth-order valence-corrected chi connectivity index (χ4v) is 3.12. The summed E-state index contributed by atoms with van der Waals surface area (Å²) in [7, 11) is 0. The first-order chi connectivity index (χ1) is 11.5. The number of nitrogens with zero attached hydrogens (tertiary/aromatic N) is 4. The van der Waals surface area contributed by atoms with Crippen LogP contribution in [0.5, 0.6) is 5.88 Å². The summed E-state index contributed by atoms with van der Waals surface area (Å²) in [5.41, 5.74) is 3.34. The van der Waals surface area contributed by atoms with Gasteiger partial charge in [0.2, 0.25) is 5.88 Å². The third-order valence-corrected chi connectivity index (χ3v) is 4.41. The van der Waals surface area contributed by atoms with E-state index in [0.717, 1.165) is 22.6 Å². The third kappa shape index (κ3) is 3.07. The lowest BCUT2D eigenvalue weighted by molar-refractivity contribution is 0.0726. The number of carbonyl (C=O) groups excluding carboxylic acids is 1. The Balaban J connectivity index is 2.08. The van der Waals surface area contributed by atoms with Crippen molar-refractivity contribution in [3.05, 3.63) is 51.1 Å². The van der Waals surface area contributed by atoms with E-state index in [1.807, 2.05) is 45.2 Å². The summed E-state index contributed by atoms with van der Waals surface area (Å²) in [6.07, 6.45) is 0.698. The molecule has 0 radical (unpaired) electrons. The molecule has 3 rings (SSSR count). The van der Waals surface area contributed by atoms with Crippen LogP contribution in [0, 0.1) is 20.8 Å². The van der Waals surface area contributed by atoms with E-state index in [0.29, 0.717) is 23.1 Å². The Morgan fingerprint density at radius 2 is 1.96 bits per heavy atom. The van der Waals surface area contributed by atoms with Gasteiger partial charge in [-0.05, 0) is 44.7 Å². The van der Waals surface area contributed by atoms with Crippen molar-refractivity contribution < 1.29 is 9.53 Å². The summed E-state index contributed by atoms with van der Waals surface area (Å²) < 4.78 is 7.17. The highest BCUT2D eigenvalue weighted by Gasteiger charge is 2.22. The highest BCUT2D eigenvalue weighted by Crippen LogP contribution is 2.27. The minimum absolute atomic E-state index is 0.387. The average molecular weight is 342 g/mol. The van der Waals surface area contributed by atoms with E-state index in [1.54, 1.807) is 6.07 Å². The molecule has 0 amide bonds. The normalized spacial score (nSPS) is 10.8. The molecule has 0 aromatic carbocycles. The van der Waals surface area contributed by atoms with Gasteiger partial charge in [0.25, 0.3) is 5.95 Å². The molecule has 3 aromatic heterocycles. The lowest BCUT2D eigenvalue weighted by Crippen LogP contribution is -2.13. The molecule has 0 aliphatic heterocycles. The molecular weight excluding hydrogens is 324 g/mol. The Kier molecular flexibility index (Phi) is 4.44. The minimum Gasteiger partial charge on any atom is -0.403 e. The molecule has 0 unspecified atom stereocenters.